The molecule has 8 heteroatoms. The number of pyridine rings is 1. The standard InChI is InChI=1S/C23H31N3O4S/c1-19-6-4-11-26(15-19)16-20-8-10-25-23(14-20)30-12-3-2-9-24-22(27)18-31(28)17-21-7-5-13-29-21/h2-3,5,7-8,10,13-14,19H,4,6,9,11-12,15-18H2,1H3,(H,24,27)/b3-2-. The fraction of sp³-hybridized carbons (Fsp3) is 0.478. The normalized spacial score (nSPS) is 18.2. The van der Waals surface area contributed by atoms with Gasteiger partial charge in [-0.2, -0.15) is 0 Å². The summed E-state index contributed by atoms with van der Waals surface area (Å²) in [7, 11) is -1.29. The van der Waals surface area contributed by atoms with Crippen LogP contribution in [0.3, 0.4) is 0 Å². The molecule has 1 aliphatic heterocycles. The first-order valence-corrected chi connectivity index (χ1v) is 12.2. The largest absolute Gasteiger partial charge is 0.473 e. The fourth-order valence-corrected chi connectivity index (χ4v) is 4.55. The molecule has 31 heavy (non-hydrogen) atoms. The van der Waals surface area contributed by atoms with E-state index in [1.165, 1.54) is 24.7 Å². The van der Waals surface area contributed by atoms with E-state index < -0.39 is 10.8 Å². The van der Waals surface area contributed by atoms with Crippen LogP contribution in [0.1, 0.15) is 31.1 Å². The van der Waals surface area contributed by atoms with Crippen LogP contribution in [0.25, 0.3) is 0 Å². The van der Waals surface area contributed by atoms with Gasteiger partial charge in [0.25, 0.3) is 0 Å². The molecule has 3 rings (SSSR count). The molecule has 0 saturated carbocycles. The number of hydrogen-bond donors (Lipinski definition) is 1. The average Bonchev–Trinajstić information content (AvgIpc) is 3.23. The van der Waals surface area contributed by atoms with Gasteiger partial charge in [-0.1, -0.05) is 13.0 Å². The van der Waals surface area contributed by atoms with Crippen LogP contribution in [-0.4, -0.2) is 52.0 Å². The molecular weight excluding hydrogens is 414 g/mol. The molecule has 3 heterocycles. The number of aromatic nitrogens is 1. The molecule has 1 aliphatic rings. The van der Waals surface area contributed by atoms with Gasteiger partial charge in [-0.15, -0.1) is 0 Å². The third-order valence-corrected chi connectivity index (χ3v) is 6.22. The Morgan fingerprint density at radius 3 is 3.13 bits per heavy atom. The Morgan fingerprint density at radius 1 is 1.42 bits per heavy atom. The number of carbonyl (C=O) groups is 1. The molecular formula is C23H31N3O4S. The summed E-state index contributed by atoms with van der Waals surface area (Å²) in [4.78, 5) is 18.6. The van der Waals surface area contributed by atoms with Gasteiger partial charge in [-0.05, 0) is 55.1 Å². The van der Waals surface area contributed by atoms with Gasteiger partial charge in [-0.3, -0.25) is 13.9 Å². The molecule has 0 aliphatic carbocycles. The van der Waals surface area contributed by atoms with E-state index in [4.69, 9.17) is 9.15 Å². The van der Waals surface area contributed by atoms with Crippen molar-refractivity contribution < 1.29 is 18.2 Å². The number of furan rings is 1. The maximum Gasteiger partial charge on any atom is 0.232 e. The number of nitrogens with one attached hydrogen (secondary N) is 1. The van der Waals surface area contributed by atoms with Crippen LogP contribution in [0.2, 0.25) is 0 Å². The number of ether oxygens (including phenoxy) is 1. The lowest BCUT2D eigenvalue weighted by Gasteiger charge is -2.30. The SMILES string of the molecule is CC1CCCN(Cc2ccnc(OC/C=C\CNC(=O)CS(=O)Cc3ccco3)c2)C1. The maximum atomic E-state index is 11.9. The highest BCUT2D eigenvalue weighted by molar-refractivity contribution is 7.84. The summed E-state index contributed by atoms with van der Waals surface area (Å²) in [6, 6.07) is 7.51. The van der Waals surface area contributed by atoms with Crippen LogP contribution < -0.4 is 10.1 Å². The van der Waals surface area contributed by atoms with E-state index in [1.807, 2.05) is 24.3 Å². The molecule has 0 radical (unpaired) electrons. The molecule has 2 atom stereocenters. The zero-order valence-electron chi connectivity index (χ0n) is 18.0. The Kier molecular flexibility index (Phi) is 9.30. The highest BCUT2D eigenvalue weighted by Crippen LogP contribution is 2.19. The van der Waals surface area contributed by atoms with Crippen LogP contribution in [0.5, 0.6) is 5.88 Å². The smallest absolute Gasteiger partial charge is 0.232 e. The molecule has 1 saturated heterocycles. The van der Waals surface area contributed by atoms with E-state index in [0.29, 0.717) is 24.8 Å². The third kappa shape index (κ3) is 8.67. The van der Waals surface area contributed by atoms with Gasteiger partial charge in [0, 0.05) is 42.7 Å². The van der Waals surface area contributed by atoms with Crippen LogP contribution in [-0.2, 0) is 27.9 Å². The lowest BCUT2D eigenvalue weighted by molar-refractivity contribution is -0.118. The topological polar surface area (TPSA) is 84.7 Å². The monoisotopic (exact) mass is 445 g/mol. The third-order valence-electron chi connectivity index (χ3n) is 5.03. The summed E-state index contributed by atoms with van der Waals surface area (Å²) in [6.45, 7) is 6.25. The molecule has 168 valence electrons. The first-order chi connectivity index (χ1) is 15.1. The Hall–Kier alpha value is -2.45. The van der Waals surface area contributed by atoms with Crippen LogP contribution in [0.15, 0.2) is 53.3 Å². The summed E-state index contributed by atoms with van der Waals surface area (Å²) < 4.78 is 22.8. The second kappa shape index (κ2) is 12.4. The summed E-state index contributed by atoms with van der Waals surface area (Å²) in [5.74, 6) is 1.92. The molecule has 2 aromatic heterocycles. The summed E-state index contributed by atoms with van der Waals surface area (Å²) in [6.07, 6.45) is 9.53. The number of piperidine rings is 1. The van der Waals surface area contributed by atoms with Crippen molar-refractivity contribution in [2.45, 2.75) is 32.1 Å². The first kappa shape index (κ1) is 23.2. The van der Waals surface area contributed by atoms with Crippen LogP contribution in [0.4, 0.5) is 0 Å². The second-order valence-electron chi connectivity index (χ2n) is 7.88. The molecule has 1 fully saturated rings. The Bertz CT molecular complexity index is 869. The van der Waals surface area contributed by atoms with Crippen LogP contribution >= 0.6 is 0 Å². The minimum Gasteiger partial charge on any atom is -0.473 e. The molecule has 2 aromatic rings. The molecule has 7 nitrogen and oxygen atoms in total. The van der Waals surface area contributed by atoms with Gasteiger partial charge < -0.3 is 14.5 Å². The first-order valence-electron chi connectivity index (χ1n) is 10.7. The van der Waals surface area contributed by atoms with E-state index in [9.17, 15) is 9.00 Å². The van der Waals surface area contributed by atoms with Crippen molar-refractivity contribution in [1.29, 1.82) is 0 Å². The van der Waals surface area contributed by atoms with Gasteiger partial charge in [0.05, 0.1) is 12.0 Å². The van der Waals surface area contributed by atoms with Gasteiger partial charge in [0.1, 0.15) is 18.1 Å². The quantitative estimate of drug-likeness (QED) is 0.536. The second-order valence-corrected chi connectivity index (χ2v) is 9.34. The molecule has 0 aromatic carbocycles. The number of hydrogen-bond acceptors (Lipinski definition) is 6. The minimum absolute atomic E-state index is 0.0441. The predicted molar refractivity (Wildman–Crippen MR) is 121 cm³/mol. The lowest BCUT2D eigenvalue weighted by atomic mass is 10.00. The summed E-state index contributed by atoms with van der Waals surface area (Å²) in [5, 5.41) is 2.72. The highest BCUT2D eigenvalue weighted by Gasteiger charge is 2.16. The zero-order valence-corrected chi connectivity index (χ0v) is 18.8. The maximum absolute atomic E-state index is 11.9. The number of nitrogens with zero attached hydrogens (tertiary/aromatic N) is 2. The Balaban J connectivity index is 1.31. The lowest BCUT2D eigenvalue weighted by Crippen LogP contribution is -2.33. The number of amides is 1. The molecule has 0 bridgehead atoms. The van der Waals surface area contributed by atoms with E-state index in [-0.39, 0.29) is 17.4 Å². The van der Waals surface area contributed by atoms with E-state index in [1.54, 1.807) is 18.3 Å². The van der Waals surface area contributed by atoms with Crippen molar-refractivity contribution in [1.82, 2.24) is 15.2 Å². The van der Waals surface area contributed by atoms with Gasteiger partial charge in [0.15, 0.2) is 0 Å². The average molecular weight is 446 g/mol. The van der Waals surface area contributed by atoms with Crippen molar-refractivity contribution in [3.8, 4) is 5.88 Å². The number of rotatable bonds is 11. The van der Waals surface area contributed by atoms with Crippen molar-refractivity contribution in [2.75, 3.05) is 32.0 Å². The predicted octanol–water partition coefficient (Wildman–Crippen LogP) is 2.91. The van der Waals surface area contributed by atoms with Crippen LogP contribution in [0, 0.1) is 5.92 Å². The Morgan fingerprint density at radius 2 is 2.32 bits per heavy atom. The van der Waals surface area contributed by atoms with Gasteiger partial charge >= 0.3 is 0 Å². The number of likely N-dealkylation sites (tertiary alicyclic amines) is 1. The van der Waals surface area contributed by atoms with Crippen molar-refractivity contribution >= 4 is 16.7 Å². The molecule has 0 spiro atoms. The van der Waals surface area contributed by atoms with Gasteiger partial charge in [-0.25, -0.2) is 4.98 Å². The molecule has 1 N–H and O–H groups in total. The van der Waals surface area contributed by atoms with E-state index in [0.717, 1.165) is 25.6 Å². The minimum atomic E-state index is -1.29. The molecule has 1 amide bonds. The fourth-order valence-electron chi connectivity index (χ4n) is 3.58. The Labute approximate surface area is 186 Å². The zero-order chi connectivity index (χ0) is 21.9. The van der Waals surface area contributed by atoms with E-state index >= 15 is 0 Å². The number of carbonyl (C=O) groups excluding carboxylic acids is 1. The van der Waals surface area contributed by atoms with Crippen molar-refractivity contribution in [3.05, 3.63) is 60.2 Å². The van der Waals surface area contributed by atoms with Gasteiger partial charge in [0.2, 0.25) is 11.8 Å². The summed E-state index contributed by atoms with van der Waals surface area (Å²) in [5.41, 5.74) is 1.21. The van der Waals surface area contributed by atoms with Crippen molar-refractivity contribution in [2.24, 2.45) is 5.92 Å². The molecule has 2 unspecified atom stereocenters. The highest BCUT2D eigenvalue weighted by atomic mass is 32.2. The van der Waals surface area contributed by atoms with Crippen molar-refractivity contribution in [3.63, 3.8) is 0 Å². The summed E-state index contributed by atoms with van der Waals surface area (Å²) >= 11 is 0. The van der Waals surface area contributed by atoms with E-state index in [2.05, 4.69) is 22.1 Å².